The number of hydrogen-bond donors (Lipinski definition) is 1. The summed E-state index contributed by atoms with van der Waals surface area (Å²) < 4.78 is 11.9. The Balaban J connectivity index is 1.78. The number of carbonyl (C=O) groups is 1. The van der Waals surface area contributed by atoms with Gasteiger partial charge in [-0.2, -0.15) is 0 Å². The molecule has 5 aromatic carbocycles. The zero-order chi connectivity index (χ0) is 28.2. The van der Waals surface area contributed by atoms with E-state index in [2.05, 4.69) is 0 Å². The molecule has 1 radical (unpaired) electrons. The summed E-state index contributed by atoms with van der Waals surface area (Å²) in [6, 6.07) is 34.5. The number of primary amides is 1. The molecule has 5 nitrogen and oxygen atoms in total. The molecule has 0 aliphatic rings. The van der Waals surface area contributed by atoms with E-state index in [0.717, 1.165) is 33.4 Å². The molecule has 0 saturated heterocycles. The van der Waals surface area contributed by atoms with Crippen molar-refractivity contribution in [3.05, 3.63) is 131 Å². The molecule has 0 spiro atoms. The highest BCUT2D eigenvalue weighted by molar-refractivity contribution is 5.95. The zero-order valence-electron chi connectivity index (χ0n) is 22.7. The van der Waals surface area contributed by atoms with Crippen LogP contribution in [0.4, 0.5) is 0 Å². The normalized spacial score (nSPS) is 11.6. The number of aryl methyl sites for hydroxylation is 1. The Labute approximate surface area is 234 Å². The molecule has 199 valence electrons. The summed E-state index contributed by atoms with van der Waals surface area (Å²) in [5.41, 5.74) is 12.7. The molecule has 0 fully saturated rings. The maximum atomic E-state index is 14.7. The van der Waals surface area contributed by atoms with Gasteiger partial charge < -0.3 is 15.2 Å². The molecule has 40 heavy (non-hydrogen) atoms. The third-order valence-corrected chi connectivity index (χ3v) is 7.04. The van der Waals surface area contributed by atoms with Crippen molar-refractivity contribution < 1.29 is 19.4 Å². The first kappa shape index (κ1) is 26.7. The van der Waals surface area contributed by atoms with Crippen molar-refractivity contribution >= 4 is 5.91 Å². The van der Waals surface area contributed by atoms with Crippen LogP contribution in [-0.2, 0) is 5.11 Å². The van der Waals surface area contributed by atoms with Crippen LogP contribution in [0.1, 0.15) is 33.2 Å². The number of hydrogen-bond acceptors (Lipinski definition) is 3. The molecule has 0 saturated carbocycles. The van der Waals surface area contributed by atoms with Crippen LogP contribution in [0.2, 0.25) is 0 Å². The lowest BCUT2D eigenvalue weighted by molar-refractivity contribution is 0.1000. The van der Waals surface area contributed by atoms with Gasteiger partial charge in [0.05, 0.1) is 14.2 Å². The van der Waals surface area contributed by atoms with Crippen molar-refractivity contribution in [1.82, 2.24) is 0 Å². The van der Waals surface area contributed by atoms with Crippen molar-refractivity contribution in [2.24, 2.45) is 5.73 Å². The highest BCUT2D eigenvalue weighted by atomic mass is 16.5. The van der Waals surface area contributed by atoms with Crippen LogP contribution in [0.15, 0.2) is 109 Å². The fourth-order valence-electron chi connectivity index (χ4n) is 5.25. The van der Waals surface area contributed by atoms with Gasteiger partial charge in [-0.1, -0.05) is 97.1 Å². The quantitative estimate of drug-likeness (QED) is 0.225. The standard InChI is InChI=1S/C35H30NO4/c1-22-19-25(21-26(20-22)35(36)38)29-18-17-27(23-11-6-4-7-12-23)31(34(29)40-3)32(37)30-16-10-15-28(33(30)39-2)24-13-8-5-9-14-24/h4-21,32H,1-3H3,(H2,36,38). The van der Waals surface area contributed by atoms with Gasteiger partial charge in [0.15, 0.2) is 6.10 Å². The third-order valence-electron chi connectivity index (χ3n) is 7.04. The van der Waals surface area contributed by atoms with Crippen LogP contribution in [0.3, 0.4) is 0 Å². The van der Waals surface area contributed by atoms with Gasteiger partial charge in [-0.25, -0.2) is 5.11 Å². The molecule has 0 aliphatic carbocycles. The van der Waals surface area contributed by atoms with E-state index in [1.807, 2.05) is 104 Å². The van der Waals surface area contributed by atoms with E-state index in [4.69, 9.17) is 15.2 Å². The maximum absolute atomic E-state index is 14.7. The molecule has 5 heteroatoms. The SMILES string of the molecule is COc1c(-c2ccccc2)cccc1C([O])c1c(-c2ccccc2)ccc(-c2cc(C)cc(C(N)=O)c2)c1OC. The minimum Gasteiger partial charge on any atom is -0.496 e. The Hall–Kier alpha value is -4.87. The highest BCUT2D eigenvalue weighted by Gasteiger charge is 2.28. The number of para-hydroxylation sites is 1. The van der Waals surface area contributed by atoms with Crippen LogP contribution < -0.4 is 15.2 Å². The first-order valence-electron chi connectivity index (χ1n) is 13.0. The van der Waals surface area contributed by atoms with Crippen LogP contribution in [0.5, 0.6) is 11.5 Å². The van der Waals surface area contributed by atoms with E-state index in [0.29, 0.717) is 33.8 Å². The summed E-state index contributed by atoms with van der Waals surface area (Å²) in [6.45, 7) is 1.90. The fraction of sp³-hybridized carbons (Fsp3) is 0.114. The number of ether oxygens (including phenoxy) is 2. The summed E-state index contributed by atoms with van der Waals surface area (Å²) in [6.07, 6.45) is -1.34. The van der Waals surface area contributed by atoms with E-state index in [1.54, 1.807) is 26.4 Å². The molecule has 0 bridgehead atoms. The van der Waals surface area contributed by atoms with Crippen molar-refractivity contribution in [3.63, 3.8) is 0 Å². The minimum absolute atomic E-state index is 0.390. The molecule has 2 N–H and O–H groups in total. The van der Waals surface area contributed by atoms with E-state index in [1.165, 1.54) is 0 Å². The molecule has 0 aromatic heterocycles. The molecule has 1 amide bonds. The predicted octanol–water partition coefficient (Wildman–Crippen LogP) is 7.63. The van der Waals surface area contributed by atoms with Crippen molar-refractivity contribution in [3.8, 4) is 44.9 Å². The Kier molecular flexibility index (Phi) is 7.67. The maximum Gasteiger partial charge on any atom is 0.248 e. The molecule has 5 aromatic rings. The number of benzene rings is 5. The van der Waals surface area contributed by atoms with Crippen LogP contribution in [0, 0.1) is 6.92 Å². The Morgan fingerprint density at radius 2 is 1.23 bits per heavy atom. The Morgan fingerprint density at radius 3 is 1.82 bits per heavy atom. The van der Waals surface area contributed by atoms with E-state index < -0.39 is 12.0 Å². The number of amides is 1. The van der Waals surface area contributed by atoms with Gasteiger partial charge in [-0.15, -0.1) is 0 Å². The van der Waals surface area contributed by atoms with Gasteiger partial charge in [-0.3, -0.25) is 4.79 Å². The Morgan fingerprint density at radius 1 is 0.650 bits per heavy atom. The summed E-state index contributed by atoms with van der Waals surface area (Å²) in [5.74, 6) is 0.440. The van der Waals surface area contributed by atoms with E-state index >= 15 is 0 Å². The lowest BCUT2D eigenvalue weighted by Crippen LogP contribution is -2.11. The summed E-state index contributed by atoms with van der Waals surface area (Å²) in [4.78, 5) is 12.0. The molecule has 1 atom stereocenters. The van der Waals surface area contributed by atoms with Crippen LogP contribution >= 0.6 is 0 Å². The zero-order valence-corrected chi connectivity index (χ0v) is 22.7. The van der Waals surface area contributed by atoms with Crippen LogP contribution in [0.25, 0.3) is 33.4 Å². The molecule has 0 aliphatic heterocycles. The fourth-order valence-corrected chi connectivity index (χ4v) is 5.25. The summed E-state index contributed by atoms with van der Waals surface area (Å²) in [7, 11) is 3.15. The highest BCUT2D eigenvalue weighted by Crippen LogP contribution is 2.47. The van der Waals surface area contributed by atoms with Gasteiger partial charge in [0.2, 0.25) is 5.91 Å². The summed E-state index contributed by atoms with van der Waals surface area (Å²) >= 11 is 0. The number of carbonyl (C=O) groups excluding carboxylic acids is 1. The number of methoxy groups -OCH3 is 2. The van der Waals surface area contributed by atoms with E-state index in [-0.39, 0.29) is 0 Å². The van der Waals surface area contributed by atoms with Gasteiger partial charge in [-0.05, 0) is 46.9 Å². The topological polar surface area (TPSA) is 81.5 Å². The predicted molar refractivity (Wildman–Crippen MR) is 158 cm³/mol. The molecular weight excluding hydrogens is 498 g/mol. The van der Waals surface area contributed by atoms with Gasteiger partial charge in [0.25, 0.3) is 0 Å². The lowest BCUT2D eigenvalue weighted by atomic mass is 9.86. The molecule has 0 heterocycles. The van der Waals surface area contributed by atoms with Crippen LogP contribution in [-0.4, -0.2) is 20.1 Å². The van der Waals surface area contributed by atoms with Crippen molar-refractivity contribution in [1.29, 1.82) is 0 Å². The average Bonchev–Trinajstić information content (AvgIpc) is 3.00. The molecule has 5 rings (SSSR count). The Bertz CT molecular complexity index is 1660. The van der Waals surface area contributed by atoms with E-state index in [9.17, 15) is 9.90 Å². The first-order valence-corrected chi connectivity index (χ1v) is 13.0. The summed E-state index contributed by atoms with van der Waals surface area (Å²) in [5, 5.41) is 14.7. The van der Waals surface area contributed by atoms with Gasteiger partial charge >= 0.3 is 0 Å². The molecule has 1 unspecified atom stereocenters. The average molecular weight is 529 g/mol. The van der Waals surface area contributed by atoms with Gasteiger partial charge in [0.1, 0.15) is 11.5 Å². The minimum atomic E-state index is -1.34. The monoisotopic (exact) mass is 528 g/mol. The number of rotatable bonds is 8. The van der Waals surface area contributed by atoms with Crippen molar-refractivity contribution in [2.75, 3.05) is 14.2 Å². The molecular formula is C35H30NO4. The van der Waals surface area contributed by atoms with Gasteiger partial charge in [0, 0.05) is 27.8 Å². The van der Waals surface area contributed by atoms with Crippen molar-refractivity contribution in [2.45, 2.75) is 13.0 Å². The first-order chi connectivity index (χ1) is 19.4. The largest absolute Gasteiger partial charge is 0.496 e. The third kappa shape index (κ3) is 5.07. The second kappa shape index (κ2) is 11.5. The second-order valence-corrected chi connectivity index (χ2v) is 9.60. The number of nitrogens with two attached hydrogens (primary N) is 1. The lowest BCUT2D eigenvalue weighted by Gasteiger charge is -2.23. The smallest absolute Gasteiger partial charge is 0.248 e. The second-order valence-electron chi connectivity index (χ2n) is 9.60.